The van der Waals surface area contributed by atoms with Crippen molar-refractivity contribution in [3.8, 4) is 0 Å². The van der Waals surface area contributed by atoms with Crippen LogP contribution in [0.5, 0.6) is 0 Å². The fraction of sp³-hybridized carbons (Fsp3) is 0.364. The van der Waals surface area contributed by atoms with Crippen LogP contribution in [0.3, 0.4) is 0 Å². The average molecular weight is 367 g/mol. The second-order valence-corrected chi connectivity index (χ2v) is 7.18. The second kappa shape index (κ2) is 9.33. The Balaban J connectivity index is 1.98. The van der Waals surface area contributed by atoms with Crippen LogP contribution >= 0.6 is 0 Å². The molecule has 5 heteroatoms. The summed E-state index contributed by atoms with van der Waals surface area (Å²) in [6, 6.07) is 15.5. The van der Waals surface area contributed by atoms with Crippen molar-refractivity contribution in [3.63, 3.8) is 0 Å². The molecule has 2 rings (SSSR count). The lowest BCUT2D eigenvalue weighted by Crippen LogP contribution is -2.44. The first-order valence-corrected chi connectivity index (χ1v) is 9.21. The zero-order valence-electron chi connectivity index (χ0n) is 16.8. The number of anilines is 2. The van der Waals surface area contributed by atoms with Crippen LogP contribution in [0.1, 0.15) is 25.0 Å². The van der Waals surface area contributed by atoms with Crippen LogP contribution in [0.2, 0.25) is 0 Å². The number of amides is 2. The fourth-order valence-electron chi connectivity index (χ4n) is 3.12. The minimum absolute atomic E-state index is 0.0291. The van der Waals surface area contributed by atoms with E-state index in [2.05, 4.69) is 5.32 Å². The Bertz CT molecular complexity index is 767. The first-order valence-electron chi connectivity index (χ1n) is 9.21. The Labute approximate surface area is 162 Å². The largest absolute Gasteiger partial charge is 0.324 e. The highest BCUT2D eigenvalue weighted by Crippen LogP contribution is 2.19. The number of nitrogens with zero attached hydrogens (tertiary/aromatic N) is 2. The van der Waals surface area contributed by atoms with E-state index in [9.17, 15) is 9.59 Å². The molecule has 0 spiro atoms. The minimum Gasteiger partial charge on any atom is -0.324 e. The Morgan fingerprint density at radius 2 is 1.52 bits per heavy atom. The maximum Gasteiger partial charge on any atom is 0.241 e. The maximum absolute atomic E-state index is 12.8. The average Bonchev–Trinajstić information content (AvgIpc) is 2.58. The van der Waals surface area contributed by atoms with E-state index in [4.69, 9.17) is 0 Å². The van der Waals surface area contributed by atoms with Gasteiger partial charge in [0, 0.05) is 17.4 Å². The summed E-state index contributed by atoms with van der Waals surface area (Å²) in [4.78, 5) is 28.7. The van der Waals surface area contributed by atoms with Crippen LogP contribution in [0.15, 0.2) is 48.5 Å². The molecule has 27 heavy (non-hydrogen) atoms. The predicted molar refractivity (Wildman–Crippen MR) is 111 cm³/mol. The zero-order chi connectivity index (χ0) is 20.0. The van der Waals surface area contributed by atoms with E-state index in [1.807, 2.05) is 76.2 Å². The molecule has 2 aromatic carbocycles. The van der Waals surface area contributed by atoms with E-state index in [1.54, 1.807) is 16.8 Å². The van der Waals surface area contributed by atoms with Crippen LogP contribution < -0.4 is 10.2 Å². The molecule has 0 saturated carbocycles. The van der Waals surface area contributed by atoms with Crippen molar-refractivity contribution in [2.45, 2.75) is 33.7 Å². The molecule has 0 bridgehead atoms. The van der Waals surface area contributed by atoms with Gasteiger partial charge < -0.3 is 10.2 Å². The topological polar surface area (TPSA) is 52.7 Å². The Morgan fingerprint density at radius 1 is 0.926 bits per heavy atom. The summed E-state index contributed by atoms with van der Waals surface area (Å²) in [5.41, 5.74) is 3.76. The zero-order valence-corrected chi connectivity index (χ0v) is 16.8. The Hall–Kier alpha value is -2.66. The monoisotopic (exact) mass is 367 g/mol. The number of carbonyl (C=O) groups excluding carboxylic acids is 2. The van der Waals surface area contributed by atoms with Crippen LogP contribution in [0.25, 0.3) is 0 Å². The van der Waals surface area contributed by atoms with E-state index in [0.29, 0.717) is 0 Å². The van der Waals surface area contributed by atoms with Crippen molar-refractivity contribution in [2.24, 2.45) is 0 Å². The molecule has 0 heterocycles. The van der Waals surface area contributed by atoms with Gasteiger partial charge in [0.15, 0.2) is 0 Å². The third kappa shape index (κ3) is 5.66. The van der Waals surface area contributed by atoms with Crippen LogP contribution in [-0.2, 0) is 9.59 Å². The standard InChI is InChI=1S/C22H29N3O2/c1-16(2)25(19-12-7-6-8-13-19)21(27)15-24(5)14-20(26)23-22-17(3)10-9-11-18(22)4/h6-13,16H,14-15H2,1-5H3,(H,23,26). The molecule has 2 amide bonds. The molecule has 144 valence electrons. The van der Waals surface area contributed by atoms with E-state index in [1.165, 1.54) is 0 Å². The summed E-state index contributed by atoms with van der Waals surface area (Å²) < 4.78 is 0. The van der Waals surface area contributed by atoms with Crippen molar-refractivity contribution in [1.29, 1.82) is 0 Å². The first-order chi connectivity index (χ1) is 12.8. The molecule has 0 aliphatic rings. The third-order valence-corrected chi connectivity index (χ3v) is 4.38. The quantitative estimate of drug-likeness (QED) is 0.813. The van der Waals surface area contributed by atoms with Crippen LogP contribution in [0, 0.1) is 13.8 Å². The van der Waals surface area contributed by atoms with E-state index in [0.717, 1.165) is 22.5 Å². The van der Waals surface area contributed by atoms with Crippen molar-refractivity contribution < 1.29 is 9.59 Å². The first kappa shape index (κ1) is 20.6. The molecule has 0 fully saturated rings. The molecule has 0 aliphatic heterocycles. The molecule has 1 N–H and O–H groups in total. The van der Waals surface area contributed by atoms with Gasteiger partial charge in [-0.25, -0.2) is 0 Å². The van der Waals surface area contributed by atoms with Crippen molar-refractivity contribution >= 4 is 23.2 Å². The molecule has 2 aromatic rings. The number of carbonyl (C=O) groups is 2. The van der Waals surface area contributed by atoms with Gasteiger partial charge in [-0.3, -0.25) is 14.5 Å². The van der Waals surface area contributed by atoms with Gasteiger partial charge in [0.1, 0.15) is 0 Å². The number of hydrogen-bond donors (Lipinski definition) is 1. The molecule has 0 unspecified atom stereocenters. The molecule has 0 atom stereocenters. The third-order valence-electron chi connectivity index (χ3n) is 4.38. The van der Waals surface area contributed by atoms with Crippen molar-refractivity contribution in [1.82, 2.24) is 4.90 Å². The van der Waals surface area contributed by atoms with Gasteiger partial charge >= 0.3 is 0 Å². The van der Waals surface area contributed by atoms with Crippen LogP contribution in [0.4, 0.5) is 11.4 Å². The SMILES string of the molecule is Cc1cccc(C)c1NC(=O)CN(C)CC(=O)N(c1ccccc1)C(C)C. The van der Waals surface area contributed by atoms with Gasteiger partial charge in [0.25, 0.3) is 0 Å². The highest BCUT2D eigenvalue weighted by molar-refractivity contribution is 5.97. The number of para-hydroxylation sites is 2. The van der Waals surface area contributed by atoms with E-state index in [-0.39, 0.29) is 30.9 Å². The highest BCUT2D eigenvalue weighted by Gasteiger charge is 2.21. The molecule has 0 aromatic heterocycles. The summed E-state index contributed by atoms with van der Waals surface area (Å²) in [7, 11) is 1.78. The maximum atomic E-state index is 12.8. The lowest BCUT2D eigenvalue weighted by Gasteiger charge is -2.29. The summed E-state index contributed by atoms with van der Waals surface area (Å²) in [5, 5.41) is 2.96. The molecule has 0 radical (unpaired) electrons. The summed E-state index contributed by atoms with van der Waals surface area (Å²) in [6.45, 7) is 8.23. The van der Waals surface area contributed by atoms with Gasteiger partial charge in [-0.2, -0.15) is 0 Å². The smallest absolute Gasteiger partial charge is 0.241 e. The Kier molecular flexibility index (Phi) is 7.13. The number of likely N-dealkylation sites (N-methyl/N-ethyl adjacent to an activating group) is 1. The molecule has 5 nitrogen and oxygen atoms in total. The van der Waals surface area contributed by atoms with Gasteiger partial charge in [-0.15, -0.1) is 0 Å². The molecular formula is C22H29N3O2. The molecule has 0 saturated heterocycles. The van der Waals surface area contributed by atoms with Crippen LogP contribution in [-0.4, -0.2) is 42.9 Å². The second-order valence-electron chi connectivity index (χ2n) is 7.18. The number of nitrogens with one attached hydrogen (secondary N) is 1. The number of hydrogen-bond acceptors (Lipinski definition) is 3. The fourth-order valence-corrected chi connectivity index (χ4v) is 3.12. The highest BCUT2D eigenvalue weighted by atomic mass is 16.2. The normalized spacial score (nSPS) is 10.9. The molecular weight excluding hydrogens is 338 g/mol. The van der Waals surface area contributed by atoms with Crippen molar-refractivity contribution in [3.05, 3.63) is 59.7 Å². The Morgan fingerprint density at radius 3 is 2.07 bits per heavy atom. The lowest BCUT2D eigenvalue weighted by atomic mass is 10.1. The summed E-state index contributed by atoms with van der Waals surface area (Å²) >= 11 is 0. The summed E-state index contributed by atoms with van der Waals surface area (Å²) in [5.74, 6) is -0.155. The van der Waals surface area contributed by atoms with Gasteiger partial charge in [0.05, 0.1) is 13.1 Å². The number of rotatable bonds is 7. The molecule has 0 aliphatic carbocycles. The predicted octanol–water partition coefficient (Wildman–Crippen LogP) is 3.62. The van der Waals surface area contributed by atoms with Crippen molar-refractivity contribution in [2.75, 3.05) is 30.4 Å². The number of benzene rings is 2. The summed E-state index contributed by atoms with van der Waals surface area (Å²) in [6.07, 6.45) is 0. The van der Waals surface area contributed by atoms with E-state index >= 15 is 0 Å². The van der Waals surface area contributed by atoms with Gasteiger partial charge in [0.2, 0.25) is 11.8 Å². The van der Waals surface area contributed by atoms with E-state index < -0.39 is 0 Å². The van der Waals surface area contributed by atoms with Gasteiger partial charge in [-0.1, -0.05) is 36.4 Å². The van der Waals surface area contributed by atoms with Gasteiger partial charge in [-0.05, 0) is 58.0 Å². The lowest BCUT2D eigenvalue weighted by molar-refractivity contribution is -0.121. The number of aryl methyl sites for hydroxylation is 2. The minimum atomic E-state index is -0.126.